The molecule has 1 aromatic carbocycles. The molecule has 0 amide bonds. The zero-order valence-electron chi connectivity index (χ0n) is 10.6. The minimum Gasteiger partial charge on any atom is -0.496 e. The number of hydrogen-bond acceptors (Lipinski definition) is 1. The van der Waals surface area contributed by atoms with Crippen molar-refractivity contribution in [1.82, 2.24) is 0 Å². The monoisotopic (exact) mass is 206 g/mol. The fraction of sp³-hybridized carbons (Fsp3) is 0.571. The van der Waals surface area contributed by atoms with E-state index < -0.39 is 0 Å². The van der Waals surface area contributed by atoms with Crippen molar-refractivity contribution in [1.29, 1.82) is 0 Å². The van der Waals surface area contributed by atoms with Gasteiger partial charge in [0, 0.05) is 0 Å². The average Bonchev–Trinajstić information content (AvgIpc) is 2.61. The van der Waals surface area contributed by atoms with Crippen LogP contribution < -0.4 is 4.74 Å². The van der Waals surface area contributed by atoms with E-state index in [1.807, 2.05) is 13.8 Å². The highest BCUT2D eigenvalue weighted by Gasteiger charge is 2.19. The molecule has 1 aliphatic rings. The SMILES string of the molecule is CC.COc1cc2c(cc1C)CCC2C. The summed E-state index contributed by atoms with van der Waals surface area (Å²) in [4.78, 5) is 0. The Morgan fingerprint density at radius 1 is 1.27 bits per heavy atom. The summed E-state index contributed by atoms with van der Waals surface area (Å²) in [6.07, 6.45) is 2.53. The van der Waals surface area contributed by atoms with Crippen molar-refractivity contribution in [3.05, 3.63) is 28.8 Å². The van der Waals surface area contributed by atoms with Gasteiger partial charge in [-0.3, -0.25) is 0 Å². The van der Waals surface area contributed by atoms with Crippen molar-refractivity contribution in [2.45, 2.75) is 46.5 Å². The highest BCUT2D eigenvalue weighted by molar-refractivity contribution is 5.45. The van der Waals surface area contributed by atoms with Gasteiger partial charge in [0.15, 0.2) is 0 Å². The summed E-state index contributed by atoms with van der Waals surface area (Å²) in [7, 11) is 1.74. The summed E-state index contributed by atoms with van der Waals surface area (Å²) in [5, 5.41) is 0. The minimum atomic E-state index is 0.712. The van der Waals surface area contributed by atoms with Crippen LogP contribution in [0.5, 0.6) is 5.75 Å². The standard InChI is InChI=1S/C12H16O.C2H6/c1-8-4-5-10-6-9(2)12(13-3)7-11(8)10;1-2/h6-8H,4-5H2,1-3H3;1-2H3. The van der Waals surface area contributed by atoms with Crippen LogP contribution >= 0.6 is 0 Å². The Balaban J connectivity index is 0.000000531. The van der Waals surface area contributed by atoms with Crippen LogP contribution in [-0.4, -0.2) is 7.11 Å². The van der Waals surface area contributed by atoms with Crippen molar-refractivity contribution in [3.8, 4) is 5.75 Å². The second kappa shape index (κ2) is 5.20. The van der Waals surface area contributed by atoms with Crippen LogP contribution in [0.25, 0.3) is 0 Å². The number of fused-ring (bicyclic) bond motifs is 1. The lowest BCUT2D eigenvalue weighted by atomic mass is 10.0. The number of rotatable bonds is 1. The molecule has 1 atom stereocenters. The van der Waals surface area contributed by atoms with Gasteiger partial charge in [0.1, 0.15) is 5.75 Å². The molecule has 0 spiro atoms. The first-order chi connectivity index (χ1) is 7.22. The van der Waals surface area contributed by atoms with E-state index in [1.165, 1.54) is 29.5 Å². The maximum Gasteiger partial charge on any atom is 0.122 e. The van der Waals surface area contributed by atoms with Gasteiger partial charge in [0.05, 0.1) is 7.11 Å². The molecule has 1 heteroatoms. The van der Waals surface area contributed by atoms with Crippen molar-refractivity contribution >= 4 is 0 Å². The lowest BCUT2D eigenvalue weighted by Crippen LogP contribution is -1.92. The van der Waals surface area contributed by atoms with E-state index in [-0.39, 0.29) is 0 Å². The zero-order valence-corrected chi connectivity index (χ0v) is 10.6. The van der Waals surface area contributed by atoms with Crippen LogP contribution in [0.4, 0.5) is 0 Å². The lowest BCUT2D eigenvalue weighted by molar-refractivity contribution is 0.411. The molecule has 15 heavy (non-hydrogen) atoms. The molecule has 0 saturated heterocycles. The Kier molecular flexibility index (Phi) is 4.19. The molecule has 0 fully saturated rings. The van der Waals surface area contributed by atoms with E-state index in [1.54, 1.807) is 7.11 Å². The highest BCUT2D eigenvalue weighted by Crippen LogP contribution is 2.36. The molecule has 0 saturated carbocycles. The molecule has 1 aromatic rings. The first kappa shape index (κ1) is 12.1. The number of hydrogen-bond donors (Lipinski definition) is 0. The van der Waals surface area contributed by atoms with Crippen LogP contribution in [0.15, 0.2) is 12.1 Å². The zero-order chi connectivity index (χ0) is 11.4. The Morgan fingerprint density at radius 2 is 1.93 bits per heavy atom. The predicted octanol–water partition coefficient (Wildman–Crippen LogP) is 4.08. The first-order valence-electron chi connectivity index (χ1n) is 5.89. The largest absolute Gasteiger partial charge is 0.496 e. The predicted molar refractivity (Wildman–Crippen MR) is 65.8 cm³/mol. The van der Waals surface area contributed by atoms with Gasteiger partial charge < -0.3 is 4.74 Å². The van der Waals surface area contributed by atoms with Gasteiger partial charge in [-0.25, -0.2) is 0 Å². The van der Waals surface area contributed by atoms with E-state index in [9.17, 15) is 0 Å². The molecule has 0 bridgehead atoms. The Hall–Kier alpha value is -0.980. The first-order valence-corrected chi connectivity index (χ1v) is 5.89. The average molecular weight is 206 g/mol. The van der Waals surface area contributed by atoms with E-state index in [2.05, 4.69) is 26.0 Å². The van der Waals surface area contributed by atoms with E-state index in [0.717, 1.165) is 5.75 Å². The second-order valence-electron chi connectivity index (χ2n) is 3.96. The topological polar surface area (TPSA) is 9.23 Å². The maximum atomic E-state index is 5.32. The van der Waals surface area contributed by atoms with E-state index in [4.69, 9.17) is 4.74 Å². The third kappa shape index (κ3) is 2.34. The summed E-state index contributed by atoms with van der Waals surface area (Å²) in [5.41, 5.74) is 4.27. The molecule has 0 aromatic heterocycles. The van der Waals surface area contributed by atoms with Crippen LogP contribution in [0.2, 0.25) is 0 Å². The third-order valence-corrected chi connectivity index (χ3v) is 3.03. The number of ether oxygens (including phenoxy) is 1. The smallest absolute Gasteiger partial charge is 0.122 e. The van der Waals surface area contributed by atoms with Gasteiger partial charge in [0.2, 0.25) is 0 Å². The van der Waals surface area contributed by atoms with Crippen molar-refractivity contribution in [3.63, 3.8) is 0 Å². The van der Waals surface area contributed by atoms with Crippen LogP contribution in [0.3, 0.4) is 0 Å². The van der Waals surface area contributed by atoms with Gasteiger partial charge in [0.25, 0.3) is 0 Å². The van der Waals surface area contributed by atoms with E-state index >= 15 is 0 Å². The second-order valence-corrected chi connectivity index (χ2v) is 3.96. The van der Waals surface area contributed by atoms with E-state index in [0.29, 0.717) is 5.92 Å². The van der Waals surface area contributed by atoms with Crippen LogP contribution in [-0.2, 0) is 6.42 Å². The molecule has 0 N–H and O–H groups in total. The third-order valence-electron chi connectivity index (χ3n) is 3.03. The Morgan fingerprint density at radius 3 is 2.53 bits per heavy atom. The Labute approximate surface area is 93.5 Å². The molecule has 1 aliphatic carbocycles. The summed E-state index contributed by atoms with van der Waals surface area (Å²) in [6, 6.07) is 4.49. The molecule has 0 heterocycles. The molecular formula is C14H22O. The highest BCUT2D eigenvalue weighted by atomic mass is 16.5. The maximum absolute atomic E-state index is 5.32. The Bertz CT molecular complexity index is 328. The number of methoxy groups -OCH3 is 1. The van der Waals surface area contributed by atoms with Crippen LogP contribution in [0.1, 0.15) is 49.8 Å². The molecular weight excluding hydrogens is 184 g/mol. The number of benzene rings is 1. The van der Waals surface area contributed by atoms with Gasteiger partial charge in [-0.2, -0.15) is 0 Å². The quantitative estimate of drug-likeness (QED) is 0.672. The molecule has 1 unspecified atom stereocenters. The fourth-order valence-corrected chi connectivity index (χ4v) is 2.19. The summed E-state index contributed by atoms with van der Waals surface area (Å²) >= 11 is 0. The van der Waals surface area contributed by atoms with Gasteiger partial charge >= 0.3 is 0 Å². The van der Waals surface area contributed by atoms with Gasteiger partial charge in [-0.1, -0.05) is 26.8 Å². The van der Waals surface area contributed by atoms with Crippen molar-refractivity contribution < 1.29 is 4.74 Å². The minimum absolute atomic E-state index is 0.712. The molecule has 0 radical (unpaired) electrons. The van der Waals surface area contributed by atoms with Gasteiger partial charge in [-0.05, 0) is 48.4 Å². The van der Waals surface area contributed by atoms with Crippen molar-refractivity contribution in [2.75, 3.05) is 7.11 Å². The summed E-state index contributed by atoms with van der Waals surface area (Å²) in [5.74, 6) is 1.75. The molecule has 0 aliphatic heterocycles. The normalized spacial score (nSPS) is 17.8. The molecule has 84 valence electrons. The lowest BCUT2D eigenvalue weighted by Gasteiger charge is -2.09. The van der Waals surface area contributed by atoms with Crippen molar-refractivity contribution in [2.24, 2.45) is 0 Å². The van der Waals surface area contributed by atoms with Crippen LogP contribution in [0, 0.1) is 6.92 Å². The molecule has 2 rings (SSSR count). The summed E-state index contributed by atoms with van der Waals surface area (Å²) < 4.78 is 5.32. The fourth-order valence-electron chi connectivity index (χ4n) is 2.19. The van der Waals surface area contributed by atoms with Gasteiger partial charge in [-0.15, -0.1) is 0 Å². The number of aryl methyl sites for hydroxylation is 2. The molecule has 1 nitrogen and oxygen atoms in total. The summed E-state index contributed by atoms with van der Waals surface area (Å²) in [6.45, 7) is 8.41.